The van der Waals surface area contributed by atoms with E-state index in [1.165, 1.54) is 81.5 Å². The summed E-state index contributed by atoms with van der Waals surface area (Å²) in [5.74, 6) is 0. The van der Waals surface area contributed by atoms with Gasteiger partial charge in [0.05, 0.1) is 26.9 Å². The molecule has 0 atom stereocenters. The highest BCUT2D eigenvalue weighted by molar-refractivity contribution is 7.17. The number of para-hydroxylation sites is 1. The molecule has 0 aliphatic carbocycles. The predicted molar refractivity (Wildman–Crippen MR) is 230 cm³/mol. The van der Waals surface area contributed by atoms with Crippen molar-refractivity contribution in [2.24, 2.45) is 0 Å². The van der Waals surface area contributed by atoms with E-state index in [1.54, 1.807) is 11.3 Å². The van der Waals surface area contributed by atoms with Gasteiger partial charge in [-0.3, -0.25) is 4.98 Å². The number of benzene rings is 5. The lowest BCUT2D eigenvalue weighted by Gasteiger charge is -2.22. The Bertz CT molecular complexity index is 2890. The van der Waals surface area contributed by atoms with Crippen molar-refractivity contribution in [2.45, 2.75) is 78.6 Å². The standard InChI is InChI=1S/C49H47N3S/c1-47(2,3)32-15-17-41-39(26-32)40-28-34(49(7,8)9)27-38(45(40)51-41)30-14-16-37-36-12-10-11-13-42(36)52(43(37)24-30)35-23-31(22-33(25-35)48(4,5)6)44-46-29(18-20-50-44)19-21-53-46/h10-28,51H,1-9H3. The lowest BCUT2D eigenvalue weighted by Crippen LogP contribution is -2.12. The number of hydrogen-bond acceptors (Lipinski definition) is 2. The quantitative estimate of drug-likeness (QED) is 0.195. The predicted octanol–water partition coefficient (Wildman–Crippen LogP) is 14.3. The number of nitrogens with one attached hydrogen (secondary N) is 1. The van der Waals surface area contributed by atoms with Gasteiger partial charge in [0.1, 0.15) is 0 Å². The van der Waals surface area contributed by atoms with E-state index in [9.17, 15) is 0 Å². The van der Waals surface area contributed by atoms with Crippen LogP contribution in [0.15, 0.2) is 115 Å². The Labute approximate surface area is 316 Å². The van der Waals surface area contributed by atoms with Gasteiger partial charge < -0.3 is 9.55 Å². The van der Waals surface area contributed by atoms with E-state index in [4.69, 9.17) is 4.98 Å². The number of aromatic nitrogens is 3. The first-order valence-electron chi connectivity index (χ1n) is 18.8. The monoisotopic (exact) mass is 709 g/mol. The third-order valence-corrected chi connectivity index (χ3v) is 12.0. The van der Waals surface area contributed by atoms with Crippen molar-refractivity contribution >= 4 is 65.0 Å². The molecule has 0 bridgehead atoms. The van der Waals surface area contributed by atoms with Gasteiger partial charge >= 0.3 is 0 Å². The molecule has 9 rings (SSSR count). The summed E-state index contributed by atoms with van der Waals surface area (Å²) in [7, 11) is 0. The van der Waals surface area contributed by atoms with Crippen molar-refractivity contribution in [1.29, 1.82) is 0 Å². The van der Waals surface area contributed by atoms with Crippen LogP contribution in [0.25, 0.3) is 81.8 Å². The molecule has 4 heteroatoms. The molecule has 0 saturated heterocycles. The van der Waals surface area contributed by atoms with Gasteiger partial charge in [0, 0.05) is 50.1 Å². The summed E-state index contributed by atoms with van der Waals surface area (Å²) < 4.78 is 3.71. The van der Waals surface area contributed by atoms with Gasteiger partial charge in [-0.1, -0.05) is 98.7 Å². The van der Waals surface area contributed by atoms with Crippen molar-refractivity contribution in [3.8, 4) is 28.1 Å². The van der Waals surface area contributed by atoms with Gasteiger partial charge in [0.15, 0.2) is 0 Å². The van der Waals surface area contributed by atoms with E-state index in [0.717, 1.165) is 16.9 Å². The molecule has 0 saturated carbocycles. The van der Waals surface area contributed by atoms with E-state index in [1.807, 2.05) is 6.20 Å². The van der Waals surface area contributed by atoms with Gasteiger partial charge in [0.25, 0.3) is 0 Å². The number of fused-ring (bicyclic) bond motifs is 7. The van der Waals surface area contributed by atoms with Crippen molar-refractivity contribution in [1.82, 2.24) is 14.5 Å². The third kappa shape index (κ3) is 5.58. The smallest absolute Gasteiger partial charge is 0.0880 e. The van der Waals surface area contributed by atoms with E-state index in [2.05, 4.69) is 180 Å². The Morgan fingerprint density at radius 2 is 1.28 bits per heavy atom. The minimum atomic E-state index is -0.0560. The van der Waals surface area contributed by atoms with Gasteiger partial charge in [-0.25, -0.2) is 0 Å². The largest absolute Gasteiger partial charge is 0.354 e. The summed E-state index contributed by atoms with van der Waals surface area (Å²) in [4.78, 5) is 8.84. The minimum absolute atomic E-state index is 0.0174. The summed E-state index contributed by atoms with van der Waals surface area (Å²) in [6.07, 6.45) is 1.95. The highest BCUT2D eigenvalue weighted by Crippen LogP contribution is 2.43. The van der Waals surface area contributed by atoms with Crippen molar-refractivity contribution in [3.63, 3.8) is 0 Å². The van der Waals surface area contributed by atoms with Crippen LogP contribution < -0.4 is 0 Å². The molecule has 4 heterocycles. The van der Waals surface area contributed by atoms with Crippen LogP contribution in [0.2, 0.25) is 0 Å². The molecule has 53 heavy (non-hydrogen) atoms. The molecule has 0 aliphatic heterocycles. The van der Waals surface area contributed by atoms with E-state index >= 15 is 0 Å². The summed E-state index contributed by atoms with van der Waals surface area (Å²) in [6, 6.07) is 39.1. The minimum Gasteiger partial charge on any atom is -0.354 e. The first-order valence-corrected chi connectivity index (χ1v) is 19.7. The van der Waals surface area contributed by atoms with Crippen LogP contribution in [0, 0.1) is 0 Å². The van der Waals surface area contributed by atoms with Crippen molar-refractivity contribution in [2.75, 3.05) is 0 Å². The second kappa shape index (κ2) is 11.7. The number of aromatic amines is 1. The molecule has 0 amide bonds. The molecule has 0 fully saturated rings. The highest BCUT2D eigenvalue weighted by atomic mass is 32.1. The van der Waals surface area contributed by atoms with E-state index in [0.29, 0.717) is 0 Å². The van der Waals surface area contributed by atoms with Crippen LogP contribution in [0.5, 0.6) is 0 Å². The Morgan fingerprint density at radius 1 is 0.566 bits per heavy atom. The Hall–Kier alpha value is -5.19. The van der Waals surface area contributed by atoms with Gasteiger partial charge in [-0.05, 0) is 116 Å². The van der Waals surface area contributed by atoms with Crippen LogP contribution in [0.1, 0.15) is 79.0 Å². The van der Waals surface area contributed by atoms with Crippen LogP contribution in [-0.2, 0) is 16.2 Å². The summed E-state index contributed by atoms with van der Waals surface area (Å²) in [6.45, 7) is 20.7. The molecule has 264 valence electrons. The molecule has 4 aromatic heterocycles. The fraction of sp³-hybridized carbons (Fsp3) is 0.245. The summed E-state index contributed by atoms with van der Waals surface area (Å²) in [5, 5.41) is 8.48. The molecule has 0 aliphatic rings. The average Bonchev–Trinajstić information content (AvgIpc) is 3.83. The fourth-order valence-electron chi connectivity index (χ4n) is 7.95. The van der Waals surface area contributed by atoms with Crippen LogP contribution in [0.4, 0.5) is 0 Å². The lowest BCUT2D eigenvalue weighted by atomic mass is 9.83. The number of rotatable bonds is 3. The van der Waals surface area contributed by atoms with Gasteiger partial charge in [0.2, 0.25) is 0 Å². The molecule has 3 nitrogen and oxygen atoms in total. The zero-order valence-corrected chi connectivity index (χ0v) is 33.1. The normalized spacial score (nSPS) is 13.0. The molecular weight excluding hydrogens is 663 g/mol. The first kappa shape index (κ1) is 33.6. The van der Waals surface area contributed by atoms with Gasteiger partial charge in [-0.15, -0.1) is 11.3 Å². The highest BCUT2D eigenvalue weighted by Gasteiger charge is 2.23. The Balaban J connectivity index is 1.34. The molecule has 0 radical (unpaired) electrons. The molecule has 9 aromatic rings. The maximum absolute atomic E-state index is 4.96. The topological polar surface area (TPSA) is 33.6 Å². The Kier molecular flexibility index (Phi) is 7.40. The Morgan fingerprint density at radius 3 is 2.06 bits per heavy atom. The van der Waals surface area contributed by atoms with Crippen LogP contribution in [-0.4, -0.2) is 14.5 Å². The molecule has 0 unspecified atom stereocenters. The second-order valence-electron chi connectivity index (χ2n) is 17.9. The number of pyridine rings is 1. The number of hydrogen-bond donors (Lipinski definition) is 1. The van der Waals surface area contributed by atoms with E-state index in [-0.39, 0.29) is 16.2 Å². The second-order valence-corrected chi connectivity index (χ2v) is 18.8. The number of nitrogens with zero attached hydrogens (tertiary/aromatic N) is 2. The lowest BCUT2D eigenvalue weighted by molar-refractivity contribution is 0.590. The molecule has 1 N–H and O–H groups in total. The maximum atomic E-state index is 4.96. The zero-order chi connectivity index (χ0) is 37.0. The SMILES string of the molecule is CC(C)(C)c1cc(-c2nccc3ccsc23)cc(-n2c3ccccc3c3ccc(-c4cc(C(C)(C)C)cc5c4[nH]c4ccc(C(C)(C)C)cc45)cc32)c1. The molecule has 0 spiro atoms. The maximum Gasteiger partial charge on any atom is 0.0880 e. The molecule has 5 aromatic carbocycles. The average molecular weight is 710 g/mol. The summed E-state index contributed by atoms with van der Waals surface area (Å²) >= 11 is 1.76. The summed E-state index contributed by atoms with van der Waals surface area (Å²) in [5.41, 5.74) is 14.5. The fourth-order valence-corrected chi connectivity index (χ4v) is 8.86. The van der Waals surface area contributed by atoms with Crippen molar-refractivity contribution in [3.05, 3.63) is 131 Å². The van der Waals surface area contributed by atoms with Gasteiger partial charge in [-0.2, -0.15) is 0 Å². The van der Waals surface area contributed by atoms with Crippen LogP contribution in [0.3, 0.4) is 0 Å². The zero-order valence-electron chi connectivity index (χ0n) is 32.3. The first-order chi connectivity index (χ1) is 25.1. The van der Waals surface area contributed by atoms with Crippen molar-refractivity contribution < 1.29 is 0 Å². The molecular formula is C49H47N3S. The number of thiophene rings is 1. The van der Waals surface area contributed by atoms with Crippen LogP contribution >= 0.6 is 11.3 Å². The number of H-pyrrole nitrogens is 1. The third-order valence-electron chi connectivity index (χ3n) is 11.1. The van der Waals surface area contributed by atoms with E-state index < -0.39 is 0 Å².